The van der Waals surface area contributed by atoms with Crippen LogP contribution in [-0.4, -0.2) is 5.91 Å². The lowest BCUT2D eigenvalue weighted by Gasteiger charge is -2.09. The summed E-state index contributed by atoms with van der Waals surface area (Å²) < 4.78 is 0.227. The predicted octanol–water partition coefficient (Wildman–Crippen LogP) is 4.83. The van der Waals surface area contributed by atoms with Crippen molar-refractivity contribution in [2.24, 2.45) is 17.3 Å². The monoisotopic (exact) mass is 311 g/mol. The number of anilines is 1. The van der Waals surface area contributed by atoms with Crippen molar-refractivity contribution >= 4 is 34.8 Å². The number of rotatable bonds is 3. The number of hydrogen-bond acceptors (Lipinski definition) is 1. The smallest absolute Gasteiger partial charge is 0.228 e. The minimum atomic E-state index is -0.0995. The molecule has 2 atom stereocenters. The van der Waals surface area contributed by atoms with Gasteiger partial charge in [-0.3, -0.25) is 4.79 Å². The molecule has 20 heavy (non-hydrogen) atoms. The van der Waals surface area contributed by atoms with E-state index in [0.29, 0.717) is 0 Å². The molecule has 1 aromatic rings. The van der Waals surface area contributed by atoms with Gasteiger partial charge in [0.15, 0.2) is 0 Å². The number of aryl methyl sites for hydroxylation is 2. The van der Waals surface area contributed by atoms with Crippen molar-refractivity contribution in [2.75, 3.05) is 5.32 Å². The maximum atomic E-state index is 12.4. The molecule has 0 unspecified atom stereocenters. The van der Waals surface area contributed by atoms with Gasteiger partial charge in [-0.05, 0) is 42.9 Å². The van der Waals surface area contributed by atoms with Gasteiger partial charge < -0.3 is 5.32 Å². The number of halogens is 2. The van der Waals surface area contributed by atoms with E-state index >= 15 is 0 Å². The maximum Gasteiger partial charge on any atom is 0.228 e. The van der Waals surface area contributed by atoms with Crippen LogP contribution in [0.5, 0.6) is 0 Å². The summed E-state index contributed by atoms with van der Waals surface area (Å²) in [6.07, 6.45) is 1.76. The van der Waals surface area contributed by atoms with E-state index in [4.69, 9.17) is 23.2 Å². The van der Waals surface area contributed by atoms with Crippen LogP contribution in [0, 0.1) is 31.1 Å². The van der Waals surface area contributed by atoms with Crippen molar-refractivity contribution in [3.05, 3.63) is 39.9 Å². The van der Waals surface area contributed by atoms with Crippen molar-refractivity contribution in [1.82, 2.24) is 0 Å². The Bertz CT molecular complexity index is 574. The molecule has 1 aromatic carbocycles. The largest absolute Gasteiger partial charge is 0.326 e. The number of carbonyl (C=O) groups is 1. The number of nitrogens with one attached hydrogen (secondary N) is 1. The topological polar surface area (TPSA) is 29.1 Å². The Morgan fingerprint density at radius 1 is 1.30 bits per heavy atom. The fourth-order valence-corrected chi connectivity index (χ4v) is 3.06. The molecule has 0 saturated heterocycles. The van der Waals surface area contributed by atoms with Crippen LogP contribution in [0.3, 0.4) is 0 Å². The van der Waals surface area contributed by atoms with Gasteiger partial charge in [0.2, 0.25) is 5.91 Å². The molecule has 0 aliphatic heterocycles. The van der Waals surface area contributed by atoms with Crippen molar-refractivity contribution in [1.29, 1.82) is 0 Å². The molecular formula is C16H19Cl2NO. The first-order valence-corrected chi connectivity index (χ1v) is 7.40. The lowest BCUT2D eigenvalue weighted by Crippen LogP contribution is -2.17. The first-order valence-electron chi connectivity index (χ1n) is 6.64. The number of carbonyl (C=O) groups excluding carboxylic acids is 1. The molecule has 0 spiro atoms. The fourth-order valence-electron chi connectivity index (χ4n) is 2.79. The average Bonchev–Trinajstić information content (AvgIpc) is 2.83. The second kappa shape index (κ2) is 5.42. The Morgan fingerprint density at radius 2 is 1.95 bits per heavy atom. The van der Waals surface area contributed by atoms with Gasteiger partial charge in [-0.15, -0.1) is 0 Å². The SMILES string of the molecule is Cc1ccc(NC(=O)[C@H]2[C@@H](C=C(Cl)Cl)C2(C)C)c(C)c1. The maximum absolute atomic E-state index is 12.4. The zero-order chi connectivity index (χ0) is 15.1. The molecule has 0 radical (unpaired) electrons. The molecule has 4 heteroatoms. The van der Waals surface area contributed by atoms with E-state index in [2.05, 4.69) is 25.2 Å². The van der Waals surface area contributed by atoms with Crippen LogP contribution in [0.1, 0.15) is 25.0 Å². The fraction of sp³-hybridized carbons (Fsp3) is 0.438. The summed E-state index contributed by atoms with van der Waals surface area (Å²) in [6.45, 7) is 8.13. The molecular weight excluding hydrogens is 293 g/mol. The Hall–Kier alpha value is -0.990. The van der Waals surface area contributed by atoms with Gasteiger partial charge >= 0.3 is 0 Å². The summed E-state index contributed by atoms with van der Waals surface area (Å²) in [5.41, 5.74) is 3.02. The van der Waals surface area contributed by atoms with Gasteiger partial charge in [-0.1, -0.05) is 54.7 Å². The molecule has 108 valence electrons. The normalized spacial score (nSPS) is 23.1. The van der Waals surface area contributed by atoms with E-state index in [-0.39, 0.29) is 27.6 Å². The van der Waals surface area contributed by atoms with Gasteiger partial charge in [0.25, 0.3) is 0 Å². The van der Waals surface area contributed by atoms with Crippen LogP contribution in [0.25, 0.3) is 0 Å². The molecule has 0 bridgehead atoms. The quantitative estimate of drug-likeness (QED) is 0.850. The van der Waals surface area contributed by atoms with E-state index < -0.39 is 0 Å². The van der Waals surface area contributed by atoms with Crippen molar-refractivity contribution in [3.63, 3.8) is 0 Å². The summed E-state index contributed by atoms with van der Waals surface area (Å²) in [5, 5.41) is 3.00. The van der Waals surface area contributed by atoms with E-state index in [1.165, 1.54) is 5.56 Å². The third-order valence-electron chi connectivity index (χ3n) is 4.14. The molecule has 1 saturated carbocycles. The number of allylic oxidation sites excluding steroid dienone is 1. The van der Waals surface area contributed by atoms with Crippen LogP contribution in [0.4, 0.5) is 5.69 Å². The lowest BCUT2D eigenvalue weighted by molar-refractivity contribution is -0.118. The molecule has 0 aromatic heterocycles. The van der Waals surface area contributed by atoms with E-state index in [0.717, 1.165) is 11.3 Å². The number of benzene rings is 1. The molecule has 2 nitrogen and oxygen atoms in total. The Balaban J connectivity index is 2.12. The van der Waals surface area contributed by atoms with Crippen LogP contribution >= 0.6 is 23.2 Å². The zero-order valence-electron chi connectivity index (χ0n) is 12.1. The molecule has 1 aliphatic carbocycles. The Morgan fingerprint density at radius 3 is 2.50 bits per heavy atom. The molecule has 1 N–H and O–H groups in total. The van der Waals surface area contributed by atoms with E-state index in [1.807, 2.05) is 26.0 Å². The summed E-state index contributed by atoms with van der Waals surface area (Å²) in [6, 6.07) is 5.99. The molecule has 1 amide bonds. The summed E-state index contributed by atoms with van der Waals surface area (Å²) in [4.78, 5) is 12.4. The minimum Gasteiger partial charge on any atom is -0.326 e. The molecule has 1 aliphatic rings. The van der Waals surface area contributed by atoms with Gasteiger partial charge in [0.1, 0.15) is 4.49 Å². The third-order valence-corrected chi connectivity index (χ3v) is 4.39. The Labute approximate surface area is 130 Å². The van der Waals surface area contributed by atoms with E-state index in [1.54, 1.807) is 6.08 Å². The summed E-state index contributed by atoms with van der Waals surface area (Å²) >= 11 is 11.4. The van der Waals surface area contributed by atoms with Crippen molar-refractivity contribution in [2.45, 2.75) is 27.7 Å². The third kappa shape index (κ3) is 3.02. The first kappa shape index (κ1) is 15.4. The second-order valence-electron chi connectivity index (χ2n) is 6.09. The van der Waals surface area contributed by atoms with Gasteiger partial charge in [0.05, 0.1) is 5.92 Å². The van der Waals surface area contributed by atoms with E-state index in [9.17, 15) is 4.79 Å². The van der Waals surface area contributed by atoms with Crippen LogP contribution < -0.4 is 5.32 Å². The predicted molar refractivity (Wildman–Crippen MR) is 85.1 cm³/mol. The summed E-state index contributed by atoms with van der Waals surface area (Å²) in [5.74, 6) is 0.0340. The van der Waals surface area contributed by atoms with Crippen molar-refractivity contribution < 1.29 is 4.79 Å². The number of hydrogen-bond donors (Lipinski definition) is 1. The van der Waals surface area contributed by atoms with Crippen molar-refractivity contribution in [3.8, 4) is 0 Å². The highest BCUT2D eigenvalue weighted by atomic mass is 35.5. The van der Waals surface area contributed by atoms with Gasteiger partial charge in [-0.25, -0.2) is 0 Å². The molecule has 1 fully saturated rings. The highest BCUT2D eigenvalue weighted by Gasteiger charge is 2.60. The van der Waals surface area contributed by atoms with Crippen LogP contribution in [-0.2, 0) is 4.79 Å². The highest BCUT2D eigenvalue weighted by Crippen LogP contribution is 2.60. The number of amides is 1. The molecule has 2 rings (SSSR count). The molecule has 0 heterocycles. The van der Waals surface area contributed by atoms with Gasteiger partial charge in [-0.2, -0.15) is 0 Å². The standard InChI is InChI=1S/C16H19Cl2NO/c1-9-5-6-12(10(2)7-9)19-15(20)14-11(8-13(17)18)16(14,3)4/h5-8,11,14H,1-4H3,(H,19,20)/t11-,14-/m1/s1. The highest BCUT2D eigenvalue weighted by molar-refractivity contribution is 6.55. The average molecular weight is 312 g/mol. The lowest BCUT2D eigenvalue weighted by atomic mass is 10.1. The zero-order valence-corrected chi connectivity index (χ0v) is 13.6. The first-order chi connectivity index (χ1) is 9.23. The van der Waals surface area contributed by atoms with Crippen LogP contribution in [0.2, 0.25) is 0 Å². The minimum absolute atomic E-state index is 0.0257. The van der Waals surface area contributed by atoms with Gasteiger partial charge in [0, 0.05) is 5.69 Å². The summed E-state index contributed by atoms with van der Waals surface area (Å²) in [7, 11) is 0. The van der Waals surface area contributed by atoms with Crippen LogP contribution in [0.15, 0.2) is 28.8 Å². The second-order valence-corrected chi connectivity index (χ2v) is 7.10. The Kier molecular flexibility index (Phi) is 4.17.